The average Bonchev–Trinajstić information content (AvgIpc) is 3.50. The summed E-state index contributed by atoms with van der Waals surface area (Å²) in [6.07, 6.45) is 1.26. The molecule has 0 spiro atoms. The van der Waals surface area contributed by atoms with Crippen LogP contribution >= 0.6 is 0 Å². The Morgan fingerprint density at radius 1 is 0.581 bits per heavy atom. The van der Waals surface area contributed by atoms with Gasteiger partial charge in [-0.25, -0.2) is 0 Å². The van der Waals surface area contributed by atoms with E-state index < -0.39 is 34.2 Å². The maximum atomic E-state index is 7.57. The Morgan fingerprint density at radius 2 is 0.935 bits per heavy atom. The smallest absolute Gasteiger partial charge is 0.323 e. The molecule has 4 atom stereocenters. The molecule has 1 aliphatic heterocycles. The van der Waals surface area contributed by atoms with Crippen LogP contribution in [-0.4, -0.2) is 34.2 Å². The molecule has 0 aromatic rings. The van der Waals surface area contributed by atoms with Gasteiger partial charge in [-0.1, -0.05) is 83.1 Å². The summed E-state index contributed by atoms with van der Waals surface area (Å²) in [5.41, 5.74) is 1.77. The molecule has 0 bridgehead atoms. The lowest BCUT2D eigenvalue weighted by atomic mass is 10.1. The van der Waals surface area contributed by atoms with Gasteiger partial charge >= 0.3 is 34.2 Å². The van der Waals surface area contributed by atoms with Crippen LogP contribution in [0.25, 0.3) is 0 Å². The second kappa shape index (κ2) is 10.1. The van der Waals surface area contributed by atoms with Gasteiger partial charge in [0.05, 0.1) is 0 Å². The van der Waals surface area contributed by atoms with Gasteiger partial charge < -0.3 is 16.5 Å². The molecule has 2 rings (SSSR count). The molecule has 2 fully saturated rings. The van der Waals surface area contributed by atoms with Gasteiger partial charge in [-0.2, -0.15) is 0 Å². The van der Waals surface area contributed by atoms with Gasteiger partial charge in [0, 0.05) is 5.54 Å². The SMILES string of the molecule is CC[Si]1(C(C)C)O[Si](CC)(C(C)C)O[Si](CC)(C2CC2C(C)C)O[Si](CC)(C(C)C)O1. The largest absolute Gasteiger partial charge is 0.415 e. The Hall–Kier alpha value is 0.708. The lowest BCUT2D eigenvalue weighted by molar-refractivity contribution is 0.194. The van der Waals surface area contributed by atoms with Crippen LogP contribution in [0.2, 0.25) is 46.3 Å². The van der Waals surface area contributed by atoms with Crippen LogP contribution < -0.4 is 0 Å². The summed E-state index contributed by atoms with van der Waals surface area (Å²) in [4.78, 5) is 0. The summed E-state index contributed by atoms with van der Waals surface area (Å²) < 4.78 is 30.0. The molecule has 4 nitrogen and oxygen atoms in total. The zero-order valence-electron chi connectivity index (χ0n) is 22.6. The predicted molar refractivity (Wildman–Crippen MR) is 141 cm³/mol. The van der Waals surface area contributed by atoms with E-state index in [1.165, 1.54) is 6.42 Å². The second-order valence-electron chi connectivity index (χ2n) is 11.3. The number of hydrogen-bond acceptors (Lipinski definition) is 4. The molecule has 2 aliphatic rings. The first kappa shape index (κ1) is 27.9. The summed E-state index contributed by atoms with van der Waals surface area (Å²) in [6, 6.07) is 3.95. The minimum Gasteiger partial charge on any atom is -0.415 e. The minimum atomic E-state index is -2.49. The van der Waals surface area contributed by atoms with E-state index in [1.807, 2.05) is 0 Å². The lowest BCUT2D eigenvalue weighted by Gasteiger charge is -2.56. The van der Waals surface area contributed by atoms with E-state index >= 15 is 0 Å². The third kappa shape index (κ3) is 5.06. The standard InChI is InChI=1S/C23H52O4Si4/c1-13-28(19(7)8)24-29(14-2,20(9)10)26-31(16-4,23-17-22(23)18(5)6)27-30(15-3,25-28)21(11)12/h18-23H,13-17H2,1-12H3. The fourth-order valence-corrected chi connectivity index (χ4v) is 33.3. The van der Waals surface area contributed by atoms with E-state index in [1.54, 1.807) is 0 Å². The molecule has 184 valence electrons. The van der Waals surface area contributed by atoms with Crippen LogP contribution in [0.5, 0.6) is 0 Å². The predicted octanol–water partition coefficient (Wildman–Crippen LogP) is 8.19. The average molecular weight is 505 g/mol. The molecule has 0 N–H and O–H groups in total. The third-order valence-corrected chi connectivity index (χ3v) is 30.3. The quantitative estimate of drug-likeness (QED) is 0.296. The second-order valence-corrected chi connectivity index (χ2v) is 28.1. The van der Waals surface area contributed by atoms with Crippen LogP contribution in [0.3, 0.4) is 0 Å². The van der Waals surface area contributed by atoms with Crippen molar-refractivity contribution in [3.05, 3.63) is 0 Å². The maximum Gasteiger partial charge on any atom is 0.323 e. The highest BCUT2D eigenvalue weighted by molar-refractivity contribution is 6.96. The molecule has 4 unspecified atom stereocenters. The van der Waals surface area contributed by atoms with E-state index in [-0.39, 0.29) is 0 Å². The molecule has 1 aliphatic carbocycles. The van der Waals surface area contributed by atoms with Crippen molar-refractivity contribution in [3.8, 4) is 0 Å². The van der Waals surface area contributed by atoms with Crippen molar-refractivity contribution >= 4 is 34.2 Å². The number of rotatable bonds is 9. The van der Waals surface area contributed by atoms with Crippen LogP contribution in [0.1, 0.15) is 89.5 Å². The van der Waals surface area contributed by atoms with E-state index in [9.17, 15) is 0 Å². The summed E-state index contributed by atoms with van der Waals surface area (Å²) in [5, 5.41) is 0. The fraction of sp³-hybridized carbons (Fsp3) is 1.00. The van der Waals surface area contributed by atoms with Gasteiger partial charge in [-0.15, -0.1) is 0 Å². The highest BCUT2D eigenvalue weighted by Gasteiger charge is 2.68. The van der Waals surface area contributed by atoms with Gasteiger partial charge in [0.1, 0.15) is 0 Å². The third-order valence-electron chi connectivity index (χ3n) is 8.25. The summed E-state index contributed by atoms with van der Waals surface area (Å²) in [5.74, 6) is 1.42. The highest BCUT2D eigenvalue weighted by atomic mass is 28.5. The molecule has 0 aromatic heterocycles. The fourth-order valence-electron chi connectivity index (χ4n) is 5.63. The minimum absolute atomic E-state index is 0.388. The number of hydrogen-bond donors (Lipinski definition) is 0. The van der Waals surface area contributed by atoms with Gasteiger partial charge in [-0.3, -0.25) is 0 Å². The van der Waals surface area contributed by atoms with Crippen molar-refractivity contribution in [3.63, 3.8) is 0 Å². The van der Waals surface area contributed by atoms with Crippen molar-refractivity contribution in [2.24, 2.45) is 11.8 Å². The zero-order valence-corrected chi connectivity index (χ0v) is 26.6. The van der Waals surface area contributed by atoms with E-state index in [4.69, 9.17) is 16.5 Å². The summed E-state index contributed by atoms with van der Waals surface area (Å²) in [6.45, 7) is 27.8. The summed E-state index contributed by atoms with van der Waals surface area (Å²) >= 11 is 0. The highest BCUT2D eigenvalue weighted by Crippen LogP contribution is 2.60. The van der Waals surface area contributed by atoms with Gasteiger partial charge in [-0.05, 0) is 59.1 Å². The van der Waals surface area contributed by atoms with Crippen molar-refractivity contribution in [1.82, 2.24) is 0 Å². The lowest BCUT2D eigenvalue weighted by Crippen LogP contribution is -2.72. The zero-order chi connectivity index (χ0) is 23.8. The first-order valence-electron chi connectivity index (χ1n) is 13.1. The van der Waals surface area contributed by atoms with Crippen molar-refractivity contribution in [2.45, 2.75) is 136 Å². The van der Waals surface area contributed by atoms with Gasteiger partial charge in [0.2, 0.25) is 0 Å². The molecule has 0 radical (unpaired) electrons. The Bertz CT molecular complexity index is 572. The molecule has 1 saturated carbocycles. The van der Waals surface area contributed by atoms with Crippen LogP contribution in [0.15, 0.2) is 0 Å². The molecular weight excluding hydrogens is 453 g/mol. The van der Waals surface area contributed by atoms with E-state index in [0.29, 0.717) is 28.1 Å². The van der Waals surface area contributed by atoms with Crippen LogP contribution in [-0.2, 0) is 16.5 Å². The van der Waals surface area contributed by atoms with E-state index in [0.717, 1.165) is 30.1 Å². The monoisotopic (exact) mass is 504 g/mol. The summed E-state index contributed by atoms with van der Waals surface area (Å²) in [7, 11) is -9.96. The molecule has 31 heavy (non-hydrogen) atoms. The molecule has 0 aromatic carbocycles. The normalized spacial score (nSPS) is 41.8. The van der Waals surface area contributed by atoms with Gasteiger partial charge in [0.25, 0.3) is 0 Å². The molecule has 0 amide bonds. The Morgan fingerprint density at radius 3 is 1.16 bits per heavy atom. The topological polar surface area (TPSA) is 36.9 Å². The Labute approximate surface area is 198 Å². The van der Waals surface area contributed by atoms with E-state index in [2.05, 4.69) is 83.1 Å². The Balaban J connectivity index is 2.71. The van der Waals surface area contributed by atoms with Gasteiger partial charge in [0.15, 0.2) is 0 Å². The first-order chi connectivity index (χ1) is 14.3. The Kier molecular flexibility index (Phi) is 9.14. The van der Waals surface area contributed by atoms with Crippen molar-refractivity contribution in [2.75, 3.05) is 0 Å². The van der Waals surface area contributed by atoms with Crippen LogP contribution in [0, 0.1) is 11.8 Å². The molecule has 1 saturated heterocycles. The first-order valence-corrected chi connectivity index (χ1v) is 21.5. The van der Waals surface area contributed by atoms with Crippen molar-refractivity contribution < 1.29 is 16.5 Å². The van der Waals surface area contributed by atoms with Crippen molar-refractivity contribution in [1.29, 1.82) is 0 Å². The molecular formula is C23H52O4Si4. The molecule has 1 heterocycles. The molecule has 8 heteroatoms. The van der Waals surface area contributed by atoms with Crippen LogP contribution in [0.4, 0.5) is 0 Å². The maximum absolute atomic E-state index is 7.57.